The molecule has 1 saturated heterocycles. The van der Waals surface area contributed by atoms with Gasteiger partial charge in [0.15, 0.2) is 0 Å². The lowest BCUT2D eigenvalue weighted by Gasteiger charge is -2.36. The van der Waals surface area contributed by atoms with Gasteiger partial charge in [-0.15, -0.1) is 0 Å². The molecule has 17 heavy (non-hydrogen) atoms. The normalized spacial score (nSPS) is 24.9. The molecule has 1 heterocycles. The first-order valence-corrected chi connectivity index (χ1v) is 5.81. The molecule has 1 atom stereocenters. The van der Waals surface area contributed by atoms with Crippen LogP contribution in [-0.2, 0) is 9.47 Å². The first-order valence-electron chi connectivity index (χ1n) is 5.81. The van der Waals surface area contributed by atoms with Crippen LogP contribution < -0.4 is 5.32 Å². The highest BCUT2D eigenvalue weighted by atomic mass is 19.4. The molecule has 0 saturated carbocycles. The van der Waals surface area contributed by atoms with Gasteiger partial charge in [-0.1, -0.05) is 0 Å². The van der Waals surface area contributed by atoms with Crippen molar-refractivity contribution in [3.63, 3.8) is 0 Å². The van der Waals surface area contributed by atoms with Crippen molar-refractivity contribution in [2.24, 2.45) is 0 Å². The van der Waals surface area contributed by atoms with Gasteiger partial charge in [-0.05, 0) is 20.3 Å². The van der Waals surface area contributed by atoms with E-state index in [1.54, 1.807) is 0 Å². The number of halogens is 3. The molecule has 1 unspecified atom stereocenters. The molecule has 1 rings (SSSR count). The van der Waals surface area contributed by atoms with Gasteiger partial charge in [-0.25, -0.2) is 0 Å². The van der Waals surface area contributed by atoms with Crippen molar-refractivity contribution in [1.82, 2.24) is 5.32 Å². The summed E-state index contributed by atoms with van der Waals surface area (Å²) in [4.78, 5) is 0. The number of hydrogen-bond donors (Lipinski definition) is 1. The molecule has 1 aliphatic heterocycles. The Labute approximate surface area is 99.7 Å². The second-order valence-electron chi connectivity index (χ2n) is 4.92. The van der Waals surface area contributed by atoms with Gasteiger partial charge in [0.25, 0.3) is 0 Å². The maximum atomic E-state index is 11.8. The van der Waals surface area contributed by atoms with Crippen LogP contribution in [-0.4, -0.2) is 44.2 Å². The van der Waals surface area contributed by atoms with Gasteiger partial charge in [0.05, 0.1) is 18.3 Å². The van der Waals surface area contributed by atoms with Crippen LogP contribution in [0.5, 0.6) is 0 Å². The van der Waals surface area contributed by atoms with Gasteiger partial charge in [0, 0.05) is 26.1 Å². The Morgan fingerprint density at radius 1 is 1.41 bits per heavy atom. The minimum absolute atomic E-state index is 0.00699. The first kappa shape index (κ1) is 14.7. The maximum absolute atomic E-state index is 11.8. The van der Waals surface area contributed by atoms with Gasteiger partial charge in [0.2, 0.25) is 0 Å². The van der Waals surface area contributed by atoms with E-state index in [9.17, 15) is 13.2 Å². The summed E-state index contributed by atoms with van der Waals surface area (Å²) in [5.41, 5.74) is -0.238. The number of alkyl halides is 3. The molecule has 0 aromatic heterocycles. The number of rotatable bonds is 5. The molecule has 6 heteroatoms. The van der Waals surface area contributed by atoms with E-state index in [-0.39, 0.29) is 24.7 Å². The van der Waals surface area contributed by atoms with Crippen LogP contribution in [0.4, 0.5) is 13.2 Å². The van der Waals surface area contributed by atoms with Gasteiger partial charge >= 0.3 is 6.18 Å². The Morgan fingerprint density at radius 3 is 2.71 bits per heavy atom. The van der Waals surface area contributed by atoms with Crippen molar-refractivity contribution in [3.05, 3.63) is 0 Å². The zero-order valence-corrected chi connectivity index (χ0v) is 10.3. The topological polar surface area (TPSA) is 30.5 Å². The predicted octanol–water partition coefficient (Wildman–Crippen LogP) is 2.11. The summed E-state index contributed by atoms with van der Waals surface area (Å²) in [5.74, 6) is 0. The SMILES string of the molecule is CC1(C)CNCC(COCCCC(F)(F)F)O1. The molecule has 1 aliphatic rings. The molecular formula is C11H20F3NO2. The van der Waals surface area contributed by atoms with Crippen LogP contribution >= 0.6 is 0 Å². The van der Waals surface area contributed by atoms with Crippen LogP contribution in [0.2, 0.25) is 0 Å². The second kappa shape index (κ2) is 6.02. The summed E-state index contributed by atoms with van der Waals surface area (Å²) in [7, 11) is 0. The van der Waals surface area contributed by atoms with Crippen LogP contribution in [0.3, 0.4) is 0 Å². The van der Waals surface area contributed by atoms with Crippen molar-refractivity contribution in [3.8, 4) is 0 Å². The van der Waals surface area contributed by atoms with E-state index in [0.717, 1.165) is 6.54 Å². The summed E-state index contributed by atoms with van der Waals surface area (Å²) in [5, 5.41) is 3.21. The van der Waals surface area contributed by atoms with Crippen molar-refractivity contribution in [2.45, 2.75) is 44.6 Å². The lowest BCUT2D eigenvalue weighted by atomic mass is 10.1. The zero-order valence-electron chi connectivity index (χ0n) is 10.3. The molecule has 0 spiro atoms. The lowest BCUT2D eigenvalue weighted by Crippen LogP contribution is -2.51. The molecule has 0 aromatic carbocycles. The molecule has 1 fully saturated rings. The minimum Gasteiger partial charge on any atom is -0.379 e. The van der Waals surface area contributed by atoms with E-state index in [4.69, 9.17) is 9.47 Å². The summed E-state index contributed by atoms with van der Waals surface area (Å²) >= 11 is 0. The molecule has 102 valence electrons. The molecule has 0 amide bonds. The predicted molar refractivity (Wildman–Crippen MR) is 57.9 cm³/mol. The van der Waals surface area contributed by atoms with E-state index in [2.05, 4.69) is 5.32 Å². The van der Waals surface area contributed by atoms with Crippen LogP contribution in [0.1, 0.15) is 26.7 Å². The Bertz CT molecular complexity index is 231. The molecule has 0 aromatic rings. The van der Waals surface area contributed by atoms with E-state index in [1.807, 2.05) is 13.8 Å². The van der Waals surface area contributed by atoms with E-state index in [1.165, 1.54) is 0 Å². The molecule has 0 bridgehead atoms. The molecule has 1 N–H and O–H groups in total. The molecule has 3 nitrogen and oxygen atoms in total. The minimum atomic E-state index is -4.09. The Balaban J connectivity index is 2.07. The highest BCUT2D eigenvalue weighted by Gasteiger charge is 2.29. The lowest BCUT2D eigenvalue weighted by molar-refractivity contribution is -0.142. The van der Waals surface area contributed by atoms with Crippen LogP contribution in [0.25, 0.3) is 0 Å². The van der Waals surface area contributed by atoms with Gasteiger partial charge in [-0.3, -0.25) is 0 Å². The van der Waals surface area contributed by atoms with Gasteiger partial charge in [-0.2, -0.15) is 13.2 Å². The second-order valence-corrected chi connectivity index (χ2v) is 4.92. The van der Waals surface area contributed by atoms with Gasteiger partial charge < -0.3 is 14.8 Å². The average Bonchev–Trinajstić information content (AvgIpc) is 2.13. The summed E-state index contributed by atoms with van der Waals surface area (Å²) in [6, 6.07) is 0. The maximum Gasteiger partial charge on any atom is 0.389 e. The Morgan fingerprint density at radius 2 is 2.12 bits per heavy atom. The zero-order chi connectivity index (χ0) is 12.9. The monoisotopic (exact) mass is 255 g/mol. The standard InChI is InChI=1S/C11H20F3NO2/c1-10(2)8-15-6-9(17-10)7-16-5-3-4-11(12,13)14/h9,15H,3-8H2,1-2H3. The Hall–Kier alpha value is -0.330. The van der Waals surface area contributed by atoms with Crippen LogP contribution in [0, 0.1) is 0 Å². The fourth-order valence-electron chi connectivity index (χ4n) is 1.75. The van der Waals surface area contributed by atoms with E-state index < -0.39 is 12.6 Å². The molecule has 0 radical (unpaired) electrons. The number of nitrogens with one attached hydrogen (secondary N) is 1. The summed E-state index contributed by atoms with van der Waals surface area (Å²) in [6.45, 7) is 5.86. The van der Waals surface area contributed by atoms with Crippen molar-refractivity contribution in [2.75, 3.05) is 26.3 Å². The fraction of sp³-hybridized carbons (Fsp3) is 1.00. The van der Waals surface area contributed by atoms with E-state index >= 15 is 0 Å². The fourth-order valence-corrected chi connectivity index (χ4v) is 1.75. The molecule has 0 aliphatic carbocycles. The largest absolute Gasteiger partial charge is 0.389 e. The van der Waals surface area contributed by atoms with E-state index in [0.29, 0.717) is 13.2 Å². The highest BCUT2D eigenvalue weighted by molar-refractivity contribution is 4.81. The molecular weight excluding hydrogens is 235 g/mol. The third-order valence-corrected chi connectivity index (χ3v) is 2.46. The highest BCUT2D eigenvalue weighted by Crippen LogP contribution is 2.21. The van der Waals surface area contributed by atoms with Crippen LogP contribution in [0.15, 0.2) is 0 Å². The summed E-state index contributed by atoms with van der Waals surface area (Å²) < 4.78 is 46.5. The number of hydrogen-bond acceptors (Lipinski definition) is 3. The third-order valence-electron chi connectivity index (χ3n) is 2.46. The average molecular weight is 255 g/mol. The third kappa shape index (κ3) is 6.85. The van der Waals surface area contributed by atoms with Crippen molar-refractivity contribution in [1.29, 1.82) is 0 Å². The number of morpholine rings is 1. The Kier molecular flexibility index (Phi) is 5.22. The smallest absolute Gasteiger partial charge is 0.379 e. The quantitative estimate of drug-likeness (QED) is 0.763. The first-order chi connectivity index (χ1) is 7.79. The van der Waals surface area contributed by atoms with Gasteiger partial charge in [0.1, 0.15) is 0 Å². The van der Waals surface area contributed by atoms with Crippen molar-refractivity contribution >= 4 is 0 Å². The van der Waals surface area contributed by atoms with Crippen molar-refractivity contribution < 1.29 is 22.6 Å². The number of ether oxygens (including phenoxy) is 2. The summed E-state index contributed by atoms with van der Waals surface area (Å²) in [6.07, 6.45) is -4.95.